The number of likely N-dealkylation sites (tertiary alicyclic amines) is 1. The lowest BCUT2D eigenvalue weighted by molar-refractivity contribution is -0.120. The standard InChI is InChI=1S/C21H26BrN3O3/c1-15-8-10-25(11-9-15)14-17-4-2-16(3-5-17)12-23-20(26)13-24-21(27)18-6-7-19(22)28-18/h2-7,15H,8-14H2,1H3,(H,23,26)(H,24,27). The zero-order valence-electron chi connectivity index (χ0n) is 16.0. The summed E-state index contributed by atoms with van der Waals surface area (Å²) in [5, 5.41) is 5.35. The zero-order chi connectivity index (χ0) is 19.9. The van der Waals surface area contributed by atoms with Crippen LogP contribution >= 0.6 is 15.9 Å². The Morgan fingerprint density at radius 3 is 2.39 bits per heavy atom. The number of nitrogens with zero attached hydrogens (tertiary/aromatic N) is 1. The maximum absolute atomic E-state index is 11.9. The number of nitrogens with one attached hydrogen (secondary N) is 2. The molecule has 0 saturated carbocycles. The molecule has 0 aliphatic carbocycles. The Hall–Kier alpha value is -2.12. The van der Waals surface area contributed by atoms with Gasteiger partial charge in [0, 0.05) is 13.1 Å². The monoisotopic (exact) mass is 447 g/mol. The number of benzene rings is 1. The molecule has 0 atom stereocenters. The van der Waals surface area contributed by atoms with Gasteiger partial charge in [-0.15, -0.1) is 0 Å². The van der Waals surface area contributed by atoms with Gasteiger partial charge in [0.05, 0.1) is 6.54 Å². The van der Waals surface area contributed by atoms with Gasteiger partial charge in [-0.2, -0.15) is 0 Å². The number of piperidine rings is 1. The quantitative estimate of drug-likeness (QED) is 0.682. The third kappa shape index (κ3) is 6.21. The second-order valence-electron chi connectivity index (χ2n) is 7.34. The normalized spacial score (nSPS) is 15.4. The molecule has 6 nitrogen and oxygen atoms in total. The predicted octanol–water partition coefficient (Wildman–Crippen LogP) is 3.32. The van der Waals surface area contributed by atoms with Crippen LogP contribution in [0, 0.1) is 5.92 Å². The molecule has 1 aromatic heterocycles. The molecule has 0 bridgehead atoms. The number of carbonyl (C=O) groups excluding carboxylic acids is 2. The van der Waals surface area contributed by atoms with Crippen molar-refractivity contribution in [1.82, 2.24) is 15.5 Å². The van der Waals surface area contributed by atoms with E-state index < -0.39 is 5.91 Å². The predicted molar refractivity (Wildman–Crippen MR) is 111 cm³/mol. The van der Waals surface area contributed by atoms with Gasteiger partial charge >= 0.3 is 0 Å². The Balaban J connectivity index is 1.38. The molecule has 1 aliphatic heterocycles. The number of hydrogen-bond donors (Lipinski definition) is 2. The smallest absolute Gasteiger partial charge is 0.287 e. The number of furan rings is 1. The molecule has 0 unspecified atom stereocenters. The molecule has 0 radical (unpaired) electrons. The van der Waals surface area contributed by atoms with Gasteiger partial charge in [0.2, 0.25) is 5.91 Å². The van der Waals surface area contributed by atoms with Crippen molar-refractivity contribution < 1.29 is 14.0 Å². The van der Waals surface area contributed by atoms with E-state index in [1.807, 2.05) is 12.1 Å². The van der Waals surface area contributed by atoms with Crippen molar-refractivity contribution in [2.45, 2.75) is 32.9 Å². The summed E-state index contributed by atoms with van der Waals surface area (Å²) < 4.78 is 5.62. The van der Waals surface area contributed by atoms with E-state index in [4.69, 9.17) is 4.42 Å². The topological polar surface area (TPSA) is 74.6 Å². The maximum atomic E-state index is 11.9. The van der Waals surface area contributed by atoms with Crippen LogP contribution in [0.1, 0.15) is 41.4 Å². The summed E-state index contributed by atoms with van der Waals surface area (Å²) in [6.45, 7) is 5.97. The first kappa shape index (κ1) is 20.6. The lowest BCUT2D eigenvalue weighted by Gasteiger charge is -2.30. The van der Waals surface area contributed by atoms with Gasteiger partial charge < -0.3 is 15.1 Å². The van der Waals surface area contributed by atoms with Gasteiger partial charge in [-0.25, -0.2) is 0 Å². The Labute approximate surface area is 173 Å². The molecule has 28 heavy (non-hydrogen) atoms. The average Bonchev–Trinajstić information content (AvgIpc) is 3.14. The second-order valence-corrected chi connectivity index (χ2v) is 8.12. The molecule has 2 amide bonds. The van der Waals surface area contributed by atoms with E-state index in [9.17, 15) is 9.59 Å². The number of halogens is 1. The molecule has 0 spiro atoms. The van der Waals surface area contributed by atoms with Gasteiger partial charge in [-0.05, 0) is 71.0 Å². The van der Waals surface area contributed by atoms with Crippen LogP contribution in [0.25, 0.3) is 0 Å². The Morgan fingerprint density at radius 1 is 1.07 bits per heavy atom. The van der Waals surface area contributed by atoms with Crippen LogP contribution in [0.3, 0.4) is 0 Å². The van der Waals surface area contributed by atoms with E-state index in [0.717, 1.165) is 18.0 Å². The van der Waals surface area contributed by atoms with Crippen molar-refractivity contribution in [2.75, 3.05) is 19.6 Å². The summed E-state index contributed by atoms with van der Waals surface area (Å²) in [6, 6.07) is 11.5. The molecule has 1 aliphatic rings. The van der Waals surface area contributed by atoms with Gasteiger partial charge in [-0.1, -0.05) is 31.2 Å². The number of carbonyl (C=O) groups is 2. The van der Waals surface area contributed by atoms with E-state index in [1.165, 1.54) is 31.5 Å². The maximum Gasteiger partial charge on any atom is 0.287 e. The van der Waals surface area contributed by atoms with E-state index in [1.54, 1.807) is 12.1 Å². The molecular formula is C21H26BrN3O3. The molecular weight excluding hydrogens is 422 g/mol. The lowest BCUT2D eigenvalue weighted by atomic mass is 9.99. The van der Waals surface area contributed by atoms with Crippen LogP contribution in [0.2, 0.25) is 0 Å². The fourth-order valence-corrected chi connectivity index (χ4v) is 3.49. The van der Waals surface area contributed by atoms with Crippen molar-refractivity contribution in [2.24, 2.45) is 5.92 Å². The number of hydrogen-bond acceptors (Lipinski definition) is 4. The molecule has 2 heterocycles. The van der Waals surface area contributed by atoms with Crippen LogP contribution in [0.5, 0.6) is 0 Å². The minimum atomic E-state index is -0.419. The van der Waals surface area contributed by atoms with Gasteiger partial charge in [0.15, 0.2) is 10.4 Å². The van der Waals surface area contributed by atoms with Crippen molar-refractivity contribution in [1.29, 1.82) is 0 Å². The molecule has 3 rings (SSSR count). The molecule has 150 valence electrons. The third-order valence-corrected chi connectivity index (χ3v) is 5.43. The Morgan fingerprint density at radius 2 is 1.75 bits per heavy atom. The fraction of sp³-hybridized carbons (Fsp3) is 0.429. The summed E-state index contributed by atoms with van der Waals surface area (Å²) in [4.78, 5) is 26.3. The number of rotatable bonds is 7. The van der Waals surface area contributed by atoms with E-state index in [2.05, 4.69) is 50.5 Å². The molecule has 1 aromatic carbocycles. The van der Waals surface area contributed by atoms with Crippen LogP contribution in [0.4, 0.5) is 0 Å². The second kappa shape index (κ2) is 9.89. The van der Waals surface area contributed by atoms with Gasteiger partial charge in [0.25, 0.3) is 5.91 Å². The summed E-state index contributed by atoms with van der Waals surface area (Å²) in [6.07, 6.45) is 2.55. The first-order chi connectivity index (χ1) is 13.5. The molecule has 1 fully saturated rings. The SMILES string of the molecule is CC1CCN(Cc2ccc(CNC(=O)CNC(=O)c3ccc(Br)o3)cc2)CC1. The van der Waals surface area contributed by atoms with Crippen LogP contribution in [-0.2, 0) is 17.9 Å². The molecule has 2 N–H and O–H groups in total. The van der Waals surface area contributed by atoms with Crippen LogP contribution in [0.15, 0.2) is 45.5 Å². The minimum absolute atomic E-state index is 0.0946. The summed E-state index contributed by atoms with van der Waals surface area (Å²) in [5.41, 5.74) is 2.33. The Kier molecular flexibility index (Phi) is 7.28. The van der Waals surface area contributed by atoms with Gasteiger partial charge in [0.1, 0.15) is 0 Å². The largest absolute Gasteiger partial charge is 0.444 e. The number of amides is 2. The zero-order valence-corrected chi connectivity index (χ0v) is 17.6. The van der Waals surface area contributed by atoms with E-state index >= 15 is 0 Å². The van der Waals surface area contributed by atoms with E-state index in [0.29, 0.717) is 11.2 Å². The lowest BCUT2D eigenvalue weighted by Crippen LogP contribution is -2.36. The van der Waals surface area contributed by atoms with Crippen molar-refractivity contribution >= 4 is 27.7 Å². The average molecular weight is 448 g/mol. The first-order valence-electron chi connectivity index (χ1n) is 9.60. The van der Waals surface area contributed by atoms with Gasteiger partial charge in [-0.3, -0.25) is 14.5 Å². The highest BCUT2D eigenvalue weighted by Crippen LogP contribution is 2.18. The van der Waals surface area contributed by atoms with Crippen LogP contribution in [-0.4, -0.2) is 36.3 Å². The first-order valence-corrected chi connectivity index (χ1v) is 10.4. The van der Waals surface area contributed by atoms with Crippen LogP contribution < -0.4 is 10.6 Å². The van der Waals surface area contributed by atoms with E-state index in [-0.39, 0.29) is 18.2 Å². The molecule has 1 saturated heterocycles. The Bertz CT molecular complexity index is 795. The highest BCUT2D eigenvalue weighted by molar-refractivity contribution is 9.10. The highest BCUT2D eigenvalue weighted by atomic mass is 79.9. The van der Waals surface area contributed by atoms with Crippen molar-refractivity contribution in [3.05, 3.63) is 58.0 Å². The highest BCUT2D eigenvalue weighted by Gasteiger charge is 2.15. The summed E-state index contributed by atoms with van der Waals surface area (Å²) in [7, 11) is 0. The molecule has 2 aromatic rings. The fourth-order valence-electron chi connectivity index (χ4n) is 3.19. The molecule has 7 heteroatoms. The van der Waals surface area contributed by atoms with Crippen molar-refractivity contribution in [3.63, 3.8) is 0 Å². The minimum Gasteiger partial charge on any atom is -0.444 e. The summed E-state index contributed by atoms with van der Waals surface area (Å²) in [5.74, 6) is 0.342. The summed E-state index contributed by atoms with van der Waals surface area (Å²) >= 11 is 3.14. The van der Waals surface area contributed by atoms with Crippen molar-refractivity contribution in [3.8, 4) is 0 Å². The third-order valence-electron chi connectivity index (χ3n) is 5.00.